The van der Waals surface area contributed by atoms with Crippen molar-refractivity contribution in [1.82, 2.24) is 0 Å². The smallest absolute Gasteiger partial charge is 0.306 e. The lowest BCUT2D eigenvalue weighted by molar-refractivity contribution is -0.167. The van der Waals surface area contributed by atoms with Crippen molar-refractivity contribution in [3.8, 4) is 0 Å². The molecule has 0 radical (unpaired) electrons. The van der Waals surface area contributed by atoms with Crippen molar-refractivity contribution >= 4 is 17.9 Å². The molecular weight excluding hydrogens is 997 g/mol. The van der Waals surface area contributed by atoms with Gasteiger partial charge in [-0.25, -0.2) is 0 Å². The number of allylic oxidation sites excluding steroid dienone is 14. The Balaban J connectivity index is 4.21. The number of carbonyl (C=O) groups is 3. The Morgan fingerprint density at radius 3 is 0.802 bits per heavy atom. The van der Waals surface area contributed by atoms with Gasteiger partial charge in [-0.3, -0.25) is 14.4 Å². The van der Waals surface area contributed by atoms with Gasteiger partial charge in [0.2, 0.25) is 0 Å². The molecule has 0 saturated carbocycles. The Bertz CT molecular complexity index is 1530. The highest BCUT2D eigenvalue weighted by Gasteiger charge is 2.19. The lowest BCUT2D eigenvalue weighted by atomic mass is 10.0. The molecule has 0 amide bonds. The third-order valence-corrected chi connectivity index (χ3v) is 15.4. The van der Waals surface area contributed by atoms with Gasteiger partial charge in [0.25, 0.3) is 0 Å². The maximum absolute atomic E-state index is 12.9. The average Bonchev–Trinajstić information content (AvgIpc) is 3.47. The Morgan fingerprint density at radius 1 is 0.259 bits per heavy atom. The van der Waals surface area contributed by atoms with Gasteiger partial charge in [0.1, 0.15) is 13.2 Å². The Hall–Kier alpha value is -3.41. The highest BCUT2D eigenvalue weighted by atomic mass is 16.6. The second-order valence-corrected chi connectivity index (χ2v) is 23.4. The van der Waals surface area contributed by atoms with Crippen LogP contribution < -0.4 is 0 Å². The van der Waals surface area contributed by atoms with E-state index >= 15 is 0 Å². The van der Waals surface area contributed by atoms with Gasteiger partial charge in [0.05, 0.1) is 0 Å². The lowest BCUT2D eigenvalue weighted by Gasteiger charge is -2.18. The van der Waals surface area contributed by atoms with E-state index in [0.717, 1.165) is 96.3 Å². The summed E-state index contributed by atoms with van der Waals surface area (Å²) in [4.78, 5) is 38.4. The first kappa shape index (κ1) is 77.6. The van der Waals surface area contributed by atoms with Crippen LogP contribution in [0.5, 0.6) is 0 Å². The number of unbranched alkanes of at least 4 members (excludes halogenated alkanes) is 39. The number of hydrogen-bond donors (Lipinski definition) is 0. The summed E-state index contributed by atoms with van der Waals surface area (Å²) < 4.78 is 17.0. The van der Waals surface area contributed by atoms with Gasteiger partial charge in [-0.2, -0.15) is 0 Å². The molecule has 0 aromatic rings. The van der Waals surface area contributed by atoms with E-state index in [1.54, 1.807) is 0 Å². The van der Waals surface area contributed by atoms with Crippen molar-refractivity contribution in [1.29, 1.82) is 0 Å². The van der Waals surface area contributed by atoms with Crippen LogP contribution in [0.1, 0.15) is 355 Å². The van der Waals surface area contributed by atoms with E-state index < -0.39 is 6.10 Å². The van der Waals surface area contributed by atoms with Gasteiger partial charge in [-0.1, -0.05) is 311 Å². The van der Waals surface area contributed by atoms with Gasteiger partial charge in [-0.15, -0.1) is 0 Å². The zero-order valence-corrected chi connectivity index (χ0v) is 53.8. The minimum absolute atomic E-state index is 0.0771. The van der Waals surface area contributed by atoms with E-state index in [4.69, 9.17) is 14.2 Å². The Morgan fingerprint density at radius 2 is 0.494 bits per heavy atom. The zero-order chi connectivity index (χ0) is 58.5. The molecular formula is C75H132O6. The number of esters is 3. The molecule has 0 N–H and O–H groups in total. The number of hydrogen-bond acceptors (Lipinski definition) is 6. The SMILES string of the molecule is CC/C=C\C/C=C\C/C=C\C/C=C\C/C=C\CCCCCCCCCCCCCCCC(=O)OCC(COC(=O)CCCCCCC/C=C\CCCC)OC(=O)CCCCCCCCCCCCC/C=C\CCCCCCCCCC. The van der Waals surface area contributed by atoms with Crippen LogP contribution in [0.4, 0.5) is 0 Å². The minimum Gasteiger partial charge on any atom is -0.462 e. The van der Waals surface area contributed by atoms with Gasteiger partial charge in [-0.05, 0) is 109 Å². The zero-order valence-electron chi connectivity index (χ0n) is 53.8. The fraction of sp³-hybridized carbons (Fsp3) is 0.773. The molecule has 0 bridgehead atoms. The second kappa shape index (κ2) is 69.1. The van der Waals surface area contributed by atoms with E-state index in [-0.39, 0.29) is 31.1 Å². The molecule has 0 heterocycles. The Labute approximate surface area is 503 Å². The van der Waals surface area contributed by atoms with Crippen molar-refractivity contribution in [3.05, 3.63) is 85.1 Å². The summed E-state index contributed by atoms with van der Waals surface area (Å²) in [6, 6.07) is 0. The summed E-state index contributed by atoms with van der Waals surface area (Å²) in [5.74, 6) is -0.872. The van der Waals surface area contributed by atoms with Crippen LogP contribution in [0.3, 0.4) is 0 Å². The first-order valence-electron chi connectivity index (χ1n) is 35.1. The molecule has 0 aromatic heterocycles. The second-order valence-electron chi connectivity index (χ2n) is 23.4. The molecule has 1 atom stereocenters. The molecule has 6 nitrogen and oxygen atoms in total. The summed E-state index contributed by atoms with van der Waals surface area (Å²) in [5.41, 5.74) is 0. The van der Waals surface area contributed by atoms with E-state index in [1.807, 2.05) is 0 Å². The predicted molar refractivity (Wildman–Crippen MR) is 353 cm³/mol. The fourth-order valence-corrected chi connectivity index (χ4v) is 10.1. The summed E-state index contributed by atoms with van der Waals surface area (Å²) >= 11 is 0. The molecule has 6 heteroatoms. The maximum atomic E-state index is 12.9. The predicted octanol–water partition coefficient (Wildman–Crippen LogP) is 24.2. The van der Waals surface area contributed by atoms with Crippen LogP contribution in [0.15, 0.2) is 85.1 Å². The fourth-order valence-electron chi connectivity index (χ4n) is 10.1. The maximum Gasteiger partial charge on any atom is 0.306 e. The summed E-state index contributed by atoms with van der Waals surface area (Å²) in [6.07, 6.45) is 91.9. The van der Waals surface area contributed by atoms with Crippen LogP contribution in [0.2, 0.25) is 0 Å². The van der Waals surface area contributed by atoms with Crippen molar-refractivity contribution in [2.75, 3.05) is 13.2 Å². The molecule has 81 heavy (non-hydrogen) atoms. The quantitative estimate of drug-likeness (QED) is 0.0261. The standard InChI is InChI=1S/C75H132O6/c1-4-7-10-13-16-19-22-24-26-28-30-32-34-35-36-37-38-39-41-42-44-46-48-50-53-56-59-62-65-68-74(77)80-71-72(70-79-73(76)67-64-61-58-55-52-21-18-15-12-9-6-3)81-75(78)69-66-63-60-57-54-51-49-47-45-43-40-33-31-29-27-25-23-20-17-14-11-8-5-2/h7,10,15-16,18-19,24,26,29-32,35-36,72H,4-6,8-9,11-14,17,20-23,25,27-28,33-34,37-71H2,1-3H3/b10-7-,18-15-,19-16-,26-24-,31-29-,32-30-,36-35-. The van der Waals surface area contributed by atoms with Crippen molar-refractivity contribution in [2.24, 2.45) is 0 Å². The highest BCUT2D eigenvalue weighted by Crippen LogP contribution is 2.17. The highest BCUT2D eigenvalue weighted by molar-refractivity contribution is 5.71. The summed E-state index contributed by atoms with van der Waals surface area (Å²) in [6.45, 7) is 6.52. The van der Waals surface area contributed by atoms with Gasteiger partial charge in [0.15, 0.2) is 6.10 Å². The monoisotopic (exact) mass is 1130 g/mol. The molecule has 0 spiro atoms. The van der Waals surface area contributed by atoms with E-state index in [2.05, 4.69) is 106 Å². The first-order valence-corrected chi connectivity index (χ1v) is 35.1. The number of rotatable bonds is 64. The van der Waals surface area contributed by atoms with Crippen LogP contribution in [0, 0.1) is 0 Å². The third kappa shape index (κ3) is 67.3. The molecule has 0 fully saturated rings. The number of ether oxygens (including phenoxy) is 3. The van der Waals surface area contributed by atoms with E-state index in [9.17, 15) is 14.4 Å². The van der Waals surface area contributed by atoms with E-state index in [1.165, 1.54) is 218 Å². The molecule has 0 aliphatic carbocycles. The molecule has 0 aliphatic rings. The van der Waals surface area contributed by atoms with Crippen LogP contribution in [0.25, 0.3) is 0 Å². The molecule has 0 rings (SSSR count). The molecule has 0 aliphatic heterocycles. The van der Waals surface area contributed by atoms with Gasteiger partial charge in [0, 0.05) is 19.3 Å². The summed E-state index contributed by atoms with van der Waals surface area (Å²) in [5, 5.41) is 0. The average molecular weight is 1130 g/mol. The molecule has 468 valence electrons. The topological polar surface area (TPSA) is 78.9 Å². The van der Waals surface area contributed by atoms with Crippen LogP contribution in [-0.4, -0.2) is 37.2 Å². The number of carbonyl (C=O) groups excluding carboxylic acids is 3. The molecule has 1 unspecified atom stereocenters. The van der Waals surface area contributed by atoms with Crippen molar-refractivity contribution in [2.45, 2.75) is 361 Å². The normalized spacial score (nSPS) is 12.6. The molecule has 0 saturated heterocycles. The van der Waals surface area contributed by atoms with E-state index in [0.29, 0.717) is 19.3 Å². The molecule has 0 aromatic carbocycles. The van der Waals surface area contributed by atoms with Crippen molar-refractivity contribution < 1.29 is 28.6 Å². The summed E-state index contributed by atoms with van der Waals surface area (Å²) in [7, 11) is 0. The largest absolute Gasteiger partial charge is 0.462 e. The van der Waals surface area contributed by atoms with Gasteiger partial charge >= 0.3 is 17.9 Å². The van der Waals surface area contributed by atoms with Crippen LogP contribution >= 0.6 is 0 Å². The Kier molecular flexibility index (Phi) is 66.2. The minimum atomic E-state index is -0.781. The first-order chi connectivity index (χ1) is 40.0. The van der Waals surface area contributed by atoms with Gasteiger partial charge < -0.3 is 14.2 Å². The van der Waals surface area contributed by atoms with Crippen LogP contribution in [-0.2, 0) is 28.6 Å². The lowest BCUT2D eigenvalue weighted by Crippen LogP contribution is -2.30. The van der Waals surface area contributed by atoms with Crippen molar-refractivity contribution in [3.63, 3.8) is 0 Å². The third-order valence-electron chi connectivity index (χ3n) is 15.4.